The zero-order chi connectivity index (χ0) is 15.0. The SMILES string of the molecule is CCC(CC)(CNCC(=O)Nc1cccc(F)c1)SC. The summed E-state index contributed by atoms with van der Waals surface area (Å²) in [7, 11) is 0. The average Bonchev–Trinajstić information content (AvgIpc) is 2.44. The van der Waals surface area contributed by atoms with E-state index in [4.69, 9.17) is 0 Å². The number of carbonyl (C=O) groups excluding carboxylic acids is 1. The fraction of sp³-hybridized carbons (Fsp3) is 0.533. The number of hydrogen-bond donors (Lipinski definition) is 2. The van der Waals surface area contributed by atoms with Crippen molar-refractivity contribution in [1.29, 1.82) is 0 Å². The van der Waals surface area contributed by atoms with Crippen molar-refractivity contribution in [2.75, 3.05) is 24.7 Å². The molecule has 2 N–H and O–H groups in total. The minimum Gasteiger partial charge on any atom is -0.325 e. The van der Waals surface area contributed by atoms with E-state index >= 15 is 0 Å². The molecule has 0 fully saturated rings. The van der Waals surface area contributed by atoms with E-state index in [0.717, 1.165) is 19.4 Å². The van der Waals surface area contributed by atoms with E-state index < -0.39 is 0 Å². The number of hydrogen-bond acceptors (Lipinski definition) is 3. The van der Waals surface area contributed by atoms with Gasteiger partial charge in [-0.25, -0.2) is 4.39 Å². The number of carbonyl (C=O) groups is 1. The van der Waals surface area contributed by atoms with Gasteiger partial charge in [-0.3, -0.25) is 4.79 Å². The molecule has 0 heterocycles. The van der Waals surface area contributed by atoms with Gasteiger partial charge in [-0.05, 0) is 37.3 Å². The lowest BCUT2D eigenvalue weighted by atomic mass is 10.0. The normalized spacial score (nSPS) is 11.4. The molecule has 1 aromatic carbocycles. The molecule has 0 bridgehead atoms. The Kier molecular flexibility index (Phi) is 7.02. The third-order valence-corrected chi connectivity index (χ3v) is 5.15. The van der Waals surface area contributed by atoms with Crippen LogP contribution in [0.25, 0.3) is 0 Å². The van der Waals surface area contributed by atoms with Crippen LogP contribution in [0.4, 0.5) is 10.1 Å². The predicted octanol–water partition coefficient (Wildman–Crippen LogP) is 3.28. The third-order valence-electron chi connectivity index (χ3n) is 3.56. The van der Waals surface area contributed by atoms with Crippen LogP contribution >= 0.6 is 11.8 Å². The van der Waals surface area contributed by atoms with Crippen molar-refractivity contribution in [3.8, 4) is 0 Å². The van der Waals surface area contributed by atoms with E-state index in [0.29, 0.717) is 5.69 Å². The summed E-state index contributed by atoms with van der Waals surface area (Å²) in [5, 5.41) is 5.86. The summed E-state index contributed by atoms with van der Waals surface area (Å²) < 4.78 is 13.2. The number of amides is 1. The molecule has 0 saturated carbocycles. The van der Waals surface area contributed by atoms with Crippen LogP contribution in [0.15, 0.2) is 24.3 Å². The van der Waals surface area contributed by atoms with Gasteiger partial charge in [0, 0.05) is 17.0 Å². The predicted molar refractivity (Wildman–Crippen MR) is 84.7 cm³/mol. The van der Waals surface area contributed by atoms with Crippen LogP contribution in [0.3, 0.4) is 0 Å². The topological polar surface area (TPSA) is 41.1 Å². The summed E-state index contributed by atoms with van der Waals surface area (Å²) in [5.41, 5.74) is 0.485. The smallest absolute Gasteiger partial charge is 0.238 e. The molecular formula is C15H23FN2OS. The highest BCUT2D eigenvalue weighted by Crippen LogP contribution is 2.29. The molecule has 112 valence electrons. The first-order valence-corrected chi connectivity index (χ1v) is 8.09. The molecule has 1 rings (SSSR count). The lowest BCUT2D eigenvalue weighted by Crippen LogP contribution is -2.40. The Balaban J connectivity index is 2.40. The highest BCUT2D eigenvalue weighted by atomic mass is 32.2. The zero-order valence-electron chi connectivity index (χ0n) is 12.3. The van der Waals surface area contributed by atoms with Crippen molar-refractivity contribution in [3.05, 3.63) is 30.1 Å². The first kappa shape index (κ1) is 17.0. The van der Waals surface area contributed by atoms with Crippen molar-refractivity contribution in [1.82, 2.24) is 5.32 Å². The molecule has 0 aliphatic rings. The molecule has 0 atom stereocenters. The molecule has 5 heteroatoms. The first-order chi connectivity index (χ1) is 9.55. The van der Waals surface area contributed by atoms with Gasteiger partial charge in [0.15, 0.2) is 0 Å². The van der Waals surface area contributed by atoms with Crippen LogP contribution in [0.1, 0.15) is 26.7 Å². The number of benzene rings is 1. The van der Waals surface area contributed by atoms with Crippen LogP contribution in [-0.4, -0.2) is 30.0 Å². The molecule has 3 nitrogen and oxygen atoms in total. The minimum atomic E-state index is -0.353. The Morgan fingerprint density at radius 2 is 2.05 bits per heavy atom. The number of nitrogens with one attached hydrogen (secondary N) is 2. The second-order valence-corrected chi connectivity index (χ2v) is 6.03. The molecule has 1 amide bonds. The van der Waals surface area contributed by atoms with Crippen LogP contribution < -0.4 is 10.6 Å². The van der Waals surface area contributed by atoms with E-state index in [-0.39, 0.29) is 23.0 Å². The van der Waals surface area contributed by atoms with Crippen LogP contribution in [0.2, 0.25) is 0 Å². The van der Waals surface area contributed by atoms with Gasteiger partial charge in [-0.2, -0.15) is 11.8 Å². The molecule has 0 aliphatic heterocycles. The fourth-order valence-corrected chi connectivity index (χ4v) is 2.86. The highest BCUT2D eigenvalue weighted by Gasteiger charge is 2.24. The molecule has 0 spiro atoms. The Bertz CT molecular complexity index is 427. The van der Waals surface area contributed by atoms with Gasteiger partial charge in [0.25, 0.3) is 0 Å². The Labute approximate surface area is 124 Å². The highest BCUT2D eigenvalue weighted by molar-refractivity contribution is 8.00. The number of halogens is 1. The van der Waals surface area contributed by atoms with E-state index in [1.165, 1.54) is 12.1 Å². The van der Waals surface area contributed by atoms with Crippen LogP contribution in [-0.2, 0) is 4.79 Å². The van der Waals surface area contributed by atoms with E-state index in [9.17, 15) is 9.18 Å². The Morgan fingerprint density at radius 1 is 1.35 bits per heavy atom. The van der Waals surface area contributed by atoms with Gasteiger partial charge in [-0.1, -0.05) is 19.9 Å². The summed E-state index contributed by atoms with van der Waals surface area (Å²) in [6, 6.07) is 5.90. The molecule has 20 heavy (non-hydrogen) atoms. The summed E-state index contributed by atoms with van der Waals surface area (Å²) in [4.78, 5) is 11.8. The molecule has 1 aromatic rings. The fourth-order valence-electron chi connectivity index (χ4n) is 2.04. The summed E-state index contributed by atoms with van der Waals surface area (Å²) >= 11 is 1.83. The third kappa shape index (κ3) is 5.13. The maximum absolute atomic E-state index is 13.0. The van der Waals surface area contributed by atoms with Crippen molar-refractivity contribution in [3.63, 3.8) is 0 Å². The van der Waals surface area contributed by atoms with Crippen molar-refractivity contribution < 1.29 is 9.18 Å². The van der Waals surface area contributed by atoms with Crippen LogP contribution in [0, 0.1) is 5.82 Å². The summed E-state index contributed by atoms with van der Waals surface area (Å²) in [6.07, 6.45) is 4.22. The minimum absolute atomic E-state index is 0.155. The van der Waals surface area contributed by atoms with E-state index in [2.05, 4.69) is 30.7 Å². The van der Waals surface area contributed by atoms with Gasteiger partial charge < -0.3 is 10.6 Å². The molecular weight excluding hydrogens is 275 g/mol. The zero-order valence-corrected chi connectivity index (χ0v) is 13.1. The Morgan fingerprint density at radius 3 is 2.60 bits per heavy atom. The maximum atomic E-state index is 13.0. The maximum Gasteiger partial charge on any atom is 0.238 e. The lowest BCUT2D eigenvalue weighted by Gasteiger charge is -2.29. The average molecular weight is 298 g/mol. The number of thioether (sulfide) groups is 1. The second kappa shape index (κ2) is 8.27. The van der Waals surface area contributed by atoms with Crippen molar-refractivity contribution in [2.45, 2.75) is 31.4 Å². The molecule has 0 aromatic heterocycles. The van der Waals surface area contributed by atoms with Gasteiger partial charge >= 0.3 is 0 Å². The molecule has 0 unspecified atom stereocenters. The van der Waals surface area contributed by atoms with Crippen molar-refractivity contribution in [2.24, 2.45) is 0 Å². The molecule has 0 aliphatic carbocycles. The van der Waals surface area contributed by atoms with E-state index in [1.807, 2.05) is 11.8 Å². The van der Waals surface area contributed by atoms with Gasteiger partial charge in [0.05, 0.1) is 6.54 Å². The second-order valence-electron chi connectivity index (χ2n) is 4.76. The van der Waals surface area contributed by atoms with Gasteiger partial charge in [0.1, 0.15) is 5.82 Å². The Hall–Kier alpha value is -1.07. The van der Waals surface area contributed by atoms with Crippen molar-refractivity contribution >= 4 is 23.4 Å². The van der Waals surface area contributed by atoms with Crippen LogP contribution in [0.5, 0.6) is 0 Å². The van der Waals surface area contributed by atoms with Gasteiger partial charge in [0.2, 0.25) is 5.91 Å². The molecule has 0 saturated heterocycles. The largest absolute Gasteiger partial charge is 0.325 e. The number of rotatable bonds is 8. The van der Waals surface area contributed by atoms with Gasteiger partial charge in [-0.15, -0.1) is 0 Å². The summed E-state index contributed by atoms with van der Waals surface area (Å²) in [6.45, 7) is 5.35. The summed E-state index contributed by atoms with van der Waals surface area (Å²) in [5.74, 6) is -0.507. The lowest BCUT2D eigenvalue weighted by molar-refractivity contribution is -0.115. The molecule has 0 radical (unpaired) electrons. The monoisotopic (exact) mass is 298 g/mol. The number of anilines is 1. The first-order valence-electron chi connectivity index (χ1n) is 6.86. The quantitative estimate of drug-likeness (QED) is 0.774. The van der Waals surface area contributed by atoms with E-state index in [1.54, 1.807) is 12.1 Å². The standard InChI is InChI=1S/C15H23FN2OS/c1-4-15(5-2,20-3)11-17-10-14(19)18-13-8-6-7-12(16)9-13/h6-9,17H,4-5,10-11H2,1-3H3,(H,18,19).